The molecule has 0 radical (unpaired) electrons. The zero-order chi connectivity index (χ0) is 16.1. The van der Waals surface area contributed by atoms with Crippen LogP contribution in [0.2, 0.25) is 0 Å². The van der Waals surface area contributed by atoms with Crippen molar-refractivity contribution in [3.05, 3.63) is 39.4 Å². The van der Waals surface area contributed by atoms with Crippen LogP contribution in [0.4, 0.5) is 5.69 Å². The number of nitrogens with zero attached hydrogens (tertiary/aromatic N) is 1. The number of benzene rings is 1. The Bertz CT molecular complexity index is 594. The molecule has 0 aromatic heterocycles. The van der Waals surface area contributed by atoms with Gasteiger partial charge < -0.3 is 10.1 Å². The third-order valence-corrected chi connectivity index (χ3v) is 3.70. The van der Waals surface area contributed by atoms with E-state index in [-0.39, 0.29) is 29.8 Å². The van der Waals surface area contributed by atoms with Crippen molar-refractivity contribution in [2.24, 2.45) is 0 Å². The molecule has 1 amide bonds. The van der Waals surface area contributed by atoms with Gasteiger partial charge in [0.2, 0.25) is 0 Å². The van der Waals surface area contributed by atoms with Gasteiger partial charge in [-0.2, -0.15) is 0 Å². The van der Waals surface area contributed by atoms with Crippen molar-refractivity contribution in [3.8, 4) is 0 Å². The van der Waals surface area contributed by atoms with Gasteiger partial charge in [0.1, 0.15) is 0 Å². The lowest BCUT2D eigenvalue weighted by Crippen LogP contribution is -2.35. The zero-order valence-corrected chi connectivity index (χ0v) is 12.3. The summed E-state index contributed by atoms with van der Waals surface area (Å²) in [5, 5.41) is 13.6. The summed E-state index contributed by atoms with van der Waals surface area (Å²) in [5.41, 5.74) is 0.372. The largest absolute Gasteiger partial charge is 0.452 e. The van der Waals surface area contributed by atoms with Crippen LogP contribution in [0.15, 0.2) is 18.2 Å². The van der Waals surface area contributed by atoms with E-state index in [9.17, 15) is 19.7 Å². The highest BCUT2D eigenvalue weighted by atomic mass is 16.6. The topological polar surface area (TPSA) is 98.5 Å². The number of hydrogen-bond donors (Lipinski definition) is 1. The molecule has 1 saturated carbocycles. The number of esters is 1. The molecule has 1 N–H and O–H groups in total. The monoisotopic (exact) mass is 306 g/mol. The highest BCUT2D eigenvalue weighted by Gasteiger charge is 2.19. The first-order valence-electron chi connectivity index (χ1n) is 7.19. The molecule has 1 fully saturated rings. The number of carbonyl (C=O) groups is 2. The molecular formula is C15H18N2O5. The van der Waals surface area contributed by atoms with Crippen molar-refractivity contribution < 1.29 is 19.2 Å². The van der Waals surface area contributed by atoms with E-state index in [0.29, 0.717) is 5.56 Å². The van der Waals surface area contributed by atoms with Gasteiger partial charge in [-0.05, 0) is 25.8 Å². The van der Waals surface area contributed by atoms with E-state index in [1.807, 2.05) is 0 Å². The number of hydrogen-bond acceptors (Lipinski definition) is 5. The van der Waals surface area contributed by atoms with Gasteiger partial charge in [-0.1, -0.05) is 18.9 Å². The molecule has 2 rings (SSSR count). The van der Waals surface area contributed by atoms with Crippen molar-refractivity contribution in [1.29, 1.82) is 0 Å². The fraction of sp³-hybridized carbons (Fsp3) is 0.467. The van der Waals surface area contributed by atoms with Crippen molar-refractivity contribution in [2.75, 3.05) is 6.61 Å². The molecule has 0 saturated heterocycles. The highest BCUT2D eigenvalue weighted by molar-refractivity contribution is 5.92. The van der Waals surface area contributed by atoms with Gasteiger partial charge in [0, 0.05) is 17.7 Å². The summed E-state index contributed by atoms with van der Waals surface area (Å²) in [6.07, 6.45) is 4.09. The van der Waals surface area contributed by atoms with Gasteiger partial charge in [-0.3, -0.25) is 14.9 Å². The molecule has 0 heterocycles. The number of nitro benzene ring substituents is 1. The minimum absolute atomic E-state index is 0.0611. The summed E-state index contributed by atoms with van der Waals surface area (Å²) in [6.45, 7) is 1.21. The third-order valence-electron chi connectivity index (χ3n) is 3.70. The second-order valence-electron chi connectivity index (χ2n) is 5.38. The summed E-state index contributed by atoms with van der Waals surface area (Å²) < 4.78 is 4.90. The van der Waals surface area contributed by atoms with E-state index in [2.05, 4.69) is 5.32 Å². The van der Waals surface area contributed by atoms with Gasteiger partial charge >= 0.3 is 5.97 Å². The smallest absolute Gasteiger partial charge is 0.338 e. The van der Waals surface area contributed by atoms with Crippen LogP contribution in [0.3, 0.4) is 0 Å². The van der Waals surface area contributed by atoms with E-state index in [1.165, 1.54) is 12.1 Å². The number of amides is 1. The van der Waals surface area contributed by atoms with Crippen LogP contribution in [0.25, 0.3) is 0 Å². The van der Waals surface area contributed by atoms with E-state index in [0.717, 1.165) is 31.7 Å². The highest BCUT2D eigenvalue weighted by Crippen LogP contribution is 2.20. The maximum Gasteiger partial charge on any atom is 0.338 e. The van der Waals surface area contributed by atoms with Crippen LogP contribution in [-0.2, 0) is 9.53 Å². The van der Waals surface area contributed by atoms with Gasteiger partial charge in [0.15, 0.2) is 6.61 Å². The molecular weight excluding hydrogens is 288 g/mol. The molecule has 0 bridgehead atoms. The van der Waals surface area contributed by atoms with E-state index in [4.69, 9.17) is 4.74 Å². The molecule has 7 heteroatoms. The van der Waals surface area contributed by atoms with E-state index >= 15 is 0 Å². The van der Waals surface area contributed by atoms with Crippen LogP contribution < -0.4 is 5.32 Å². The number of ether oxygens (including phenoxy) is 1. The molecule has 7 nitrogen and oxygen atoms in total. The fourth-order valence-electron chi connectivity index (χ4n) is 2.49. The quantitative estimate of drug-likeness (QED) is 0.510. The lowest BCUT2D eigenvalue weighted by molar-refractivity contribution is -0.385. The number of aryl methyl sites for hydroxylation is 1. The summed E-state index contributed by atoms with van der Waals surface area (Å²) in [5.74, 6) is -1.09. The Morgan fingerprint density at radius 2 is 2.05 bits per heavy atom. The van der Waals surface area contributed by atoms with Crippen LogP contribution in [0.5, 0.6) is 0 Å². The predicted molar refractivity (Wildman–Crippen MR) is 78.5 cm³/mol. The third kappa shape index (κ3) is 4.03. The number of nitro groups is 1. The summed E-state index contributed by atoms with van der Waals surface area (Å²) in [7, 11) is 0. The number of carbonyl (C=O) groups excluding carboxylic acids is 2. The second kappa shape index (κ2) is 7.02. The molecule has 1 aromatic carbocycles. The molecule has 0 atom stereocenters. The summed E-state index contributed by atoms with van der Waals surface area (Å²) in [4.78, 5) is 33.8. The van der Waals surface area contributed by atoms with Crippen LogP contribution in [0, 0.1) is 17.0 Å². The predicted octanol–water partition coefficient (Wildman–Crippen LogP) is 2.12. The van der Waals surface area contributed by atoms with Gasteiger partial charge in [0.25, 0.3) is 11.6 Å². The number of nitrogens with one attached hydrogen (secondary N) is 1. The summed E-state index contributed by atoms with van der Waals surface area (Å²) >= 11 is 0. The molecule has 0 spiro atoms. The van der Waals surface area contributed by atoms with Crippen LogP contribution in [-0.4, -0.2) is 29.4 Å². The fourth-order valence-corrected chi connectivity index (χ4v) is 2.49. The average Bonchev–Trinajstić information content (AvgIpc) is 2.97. The maximum absolute atomic E-state index is 11.8. The van der Waals surface area contributed by atoms with Gasteiger partial charge in [-0.25, -0.2) is 4.79 Å². The molecule has 1 aromatic rings. The SMILES string of the molecule is Cc1ccc(C(=O)OCC(=O)NC2CCCC2)cc1[N+](=O)[O-]. The lowest BCUT2D eigenvalue weighted by atomic mass is 10.1. The minimum Gasteiger partial charge on any atom is -0.452 e. The standard InChI is InChI=1S/C15H18N2O5/c1-10-6-7-11(8-13(10)17(20)21)15(19)22-9-14(18)16-12-4-2-3-5-12/h6-8,12H,2-5,9H2,1H3,(H,16,18). The van der Waals surface area contributed by atoms with Crippen molar-refractivity contribution in [2.45, 2.75) is 38.6 Å². The minimum atomic E-state index is -0.746. The second-order valence-corrected chi connectivity index (χ2v) is 5.38. The zero-order valence-electron chi connectivity index (χ0n) is 12.3. The first kappa shape index (κ1) is 15.9. The average molecular weight is 306 g/mol. The Balaban J connectivity index is 1.90. The van der Waals surface area contributed by atoms with Crippen LogP contribution in [0.1, 0.15) is 41.6 Å². The molecule has 22 heavy (non-hydrogen) atoms. The Hall–Kier alpha value is -2.44. The van der Waals surface area contributed by atoms with E-state index < -0.39 is 10.9 Å². The van der Waals surface area contributed by atoms with Crippen molar-refractivity contribution >= 4 is 17.6 Å². The Morgan fingerprint density at radius 3 is 2.68 bits per heavy atom. The van der Waals surface area contributed by atoms with Crippen molar-refractivity contribution in [1.82, 2.24) is 5.32 Å². The van der Waals surface area contributed by atoms with Crippen LogP contribution >= 0.6 is 0 Å². The first-order chi connectivity index (χ1) is 10.5. The van der Waals surface area contributed by atoms with E-state index in [1.54, 1.807) is 6.92 Å². The van der Waals surface area contributed by atoms with Gasteiger partial charge in [-0.15, -0.1) is 0 Å². The Labute approximate surface area is 127 Å². The maximum atomic E-state index is 11.8. The van der Waals surface area contributed by atoms with Gasteiger partial charge in [0.05, 0.1) is 10.5 Å². The molecule has 1 aliphatic rings. The molecule has 0 unspecified atom stereocenters. The molecule has 1 aliphatic carbocycles. The Morgan fingerprint density at radius 1 is 1.36 bits per heavy atom. The van der Waals surface area contributed by atoms with Crippen molar-refractivity contribution in [3.63, 3.8) is 0 Å². The lowest BCUT2D eigenvalue weighted by Gasteiger charge is -2.12. The molecule has 118 valence electrons. The molecule has 0 aliphatic heterocycles. The normalized spacial score (nSPS) is 14.6. The summed E-state index contributed by atoms with van der Waals surface area (Å²) in [6, 6.07) is 4.24. The number of rotatable bonds is 5. The first-order valence-corrected chi connectivity index (χ1v) is 7.19. The Kier molecular flexibility index (Phi) is 5.08.